The van der Waals surface area contributed by atoms with E-state index < -0.39 is 59.7 Å². The van der Waals surface area contributed by atoms with Crippen molar-refractivity contribution in [3.05, 3.63) is 69.1 Å². The van der Waals surface area contributed by atoms with Crippen molar-refractivity contribution in [2.75, 3.05) is 7.11 Å². The molecule has 0 bridgehead atoms. The van der Waals surface area contributed by atoms with Gasteiger partial charge in [0.2, 0.25) is 0 Å². The Morgan fingerprint density at radius 2 is 1.82 bits per heavy atom. The lowest BCUT2D eigenvalue weighted by atomic mass is 10.1. The molecule has 1 aromatic carbocycles. The molecule has 0 aliphatic rings. The SMILES string of the molecule is COc1cnc(-c2cc3ncn(C[C@H](F)C[C@H](C)Oc4cn[nH]c(=O)c4C(F)(F)F)c(=O)c3cc2F)nc1. The first-order chi connectivity index (χ1) is 18.0. The van der Waals surface area contributed by atoms with Crippen LogP contribution in [0.1, 0.15) is 18.9 Å². The number of alkyl halides is 4. The number of fused-ring (bicyclic) bond motifs is 1. The summed E-state index contributed by atoms with van der Waals surface area (Å²) >= 11 is 0. The molecule has 0 fully saturated rings. The number of hydrogen-bond acceptors (Lipinski definition) is 8. The Balaban J connectivity index is 1.51. The molecule has 200 valence electrons. The molecule has 38 heavy (non-hydrogen) atoms. The number of nitrogens with zero attached hydrogens (tertiary/aromatic N) is 5. The first-order valence-corrected chi connectivity index (χ1v) is 11.0. The maximum absolute atomic E-state index is 14.8. The molecule has 4 aromatic rings. The van der Waals surface area contributed by atoms with Gasteiger partial charge in [0.05, 0.1) is 61.1 Å². The summed E-state index contributed by atoms with van der Waals surface area (Å²) in [5.41, 5.74) is -3.71. The molecule has 0 aliphatic heterocycles. The summed E-state index contributed by atoms with van der Waals surface area (Å²) in [5.74, 6) is -1.24. The van der Waals surface area contributed by atoms with Gasteiger partial charge in [-0.3, -0.25) is 14.2 Å². The van der Waals surface area contributed by atoms with Crippen LogP contribution in [0.25, 0.3) is 22.3 Å². The van der Waals surface area contributed by atoms with Gasteiger partial charge in [-0.1, -0.05) is 0 Å². The number of aromatic amines is 1. The molecule has 3 heterocycles. The van der Waals surface area contributed by atoms with Gasteiger partial charge in [0.15, 0.2) is 22.9 Å². The quantitative estimate of drug-likeness (QED) is 0.339. The van der Waals surface area contributed by atoms with Crippen molar-refractivity contribution in [3.63, 3.8) is 0 Å². The number of benzene rings is 1. The van der Waals surface area contributed by atoms with Gasteiger partial charge >= 0.3 is 6.18 Å². The Labute approximate surface area is 210 Å². The first kappa shape index (κ1) is 26.6. The maximum Gasteiger partial charge on any atom is 0.425 e. The van der Waals surface area contributed by atoms with E-state index in [-0.39, 0.29) is 22.3 Å². The van der Waals surface area contributed by atoms with Crippen LogP contribution in [0.15, 0.2) is 46.6 Å². The fourth-order valence-electron chi connectivity index (χ4n) is 3.69. The molecule has 10 nitrogen and oxygen atoms in total. The Kier molecular flexibility index (Phi) is 7.37. The van der Waals surface area contributed by atoms with E-state index in [4.69, 9.17) is 9.47 Å². The van der Waals surface area contributed by atoms with Crippen molar-refractivity contribution in [1.82, 2.24) is 29.7 Å². The minimum absolute atomic E-state index is 0.00777. The van der Waals surface area contributed by atoms with Crippen LogP contribution in [0.2, 0.25) is 0 Å². The highest BCUT2D eigenvalue weighted by atomic mass is 19.4. The third-order valence-electron chi connectivity index (χ3n) is 5.43. The molecular formula is C23H19F5N6O4. The lowest BCUT2D eigenvalue weighted by molar-refractivity contribution is -0.140. The normalized spacial score (nSPS) is 13.3. The Hall–Kier alpha value is -4.43. The third-order valence-corrected chi connectivity index (χ3v) is 5.43. The molecule has 15 heteroatoms. The predicted octanol–water partition coefficient (Wildman–Crippen LogP) is 3.30. The minimum Gasteiger partial charge on any atom is -0.494 e. The molecular weight excluding hydrogens is 519 g/mol. The van der Waals surface area contributed by atoms with Gasteiger partial charge in [0.25, 0.3) is 11.1 Å². The van der Waals surface area contributed by atoms with Crippen molar-refractivity contribution in [2.24, 2.45) is 0 Å². The van der Waals surface area contributed by atoms with Gasteiger partial charge in [-0.15, -0.1) is 0 Å². The third kappa shape index (κ3) is 5.60. The van der Waals surface area contributed by atoms with Crippen LogP contribution in [0.4, 0.5) is 22.0 Å². The highest BCUT2D eigenvalue weighted by molar-refractivity contribution is 5.82. The van der Waals surface area contributed by atoms with Crippen molar-refractivity contribution >= 4 is 10.9 Å². The van der Waals surface area contributed by atoms with Gasteiger partial charge in [0, 0.05) is 6.42 Å². The highest BCUT2D eigenvalue weighted by Gasteiger charge is 2.38. The molecule has 0 amide bonds. The molecule has 0 unspecified atom stereocenters. The lowest BCUT2D eigenvalue weighted by Gasteiger charge is -2.19. The zero-order valence-corrected chi connectivity index (χ0v) is 19.8. The summed E-state index contributed by atoms with van der Waals surface area (Å²) in [6.45, 7) is 0.771. The van der Waals surface area contributed by atoms with E-state index in [0.717, 1.165) is 17.0 Å². The molecule has 2 atom stereocenters. The molecule has 0 aliphatic carbocycles. The maximum atomic E-state index is 14.8. The van der Waals surface area contributed by atoms with E-state index in [9.17, 15) is 31.5 Å². The zero-order chi connectivity index (χ0) is 27.6. The van der Waals surface area contributed by atoms with E-state index in [1.54, 1.807) is 5.10 Å². The molecule has 4 rings (SSSR count). The predicted molar refractivity (Wildman–Crippen MR) is 123 cm³/mol. The number of methoxy groups -OCH3 is 1. The van der Waals surface area contributed by atoms with Crippen LogP contribution in [0, 0.1) is 5.82 Å². The van der Waals surface area contributed by atoms with Gasteiger partial charge in [0.1, 0.15) is 12.0 Å². The van der Waals surface area contributed by atoms with Crippen LogP contribution in [-0.2, 0) is 12.7 Å². The standard InChI is InChI=1S/C23H19F5N6O4/c1-11(38-18-8-32-33-21(35)19(18)23(26,27)28)3-12(24)9-34-10-31-17-5-14(16(25)4-15(17)22(34)36)20-29-6-13(37-2)7-30-20/h4-8,10-12H,3,9H2,1-2H3,(H,33,35)/t11-,12+/m0/s1. The van der Waals surface area contributed by atoms with Crippen LogP contribution >= 0.6 is 0 Å². The number of H-pyrrole nitrogens is 1. The van der Waals surface area contributed by atoms with E-state index in [1.807, 2.05) is 0 Å². The number of halogens is 5. The summed E-state index contributed by atoms with van der Waals surface area (Å²) in [6.07, 6.45) is -3.89. The average molecular weight is 538 g/mol. The van der Waals surface area contributed by atoms with Crippen molar-refractivity contribution < 1.29 is 31.4 Å². The summed E-state index contributed by atoms with van der Waals surface area (Å²) in [6, 6.07) is 2.23. The second kappa shape index (κ2) is 10.5. The van der Waals surface area contributed by atoms with Crippen LogP contribution in [0.5, 0.6) is 11.5 Å². The second-order valence-electron chi connectivity index (χ2n) is 8.20. The van der Waals surface area contributed by atoms with Crippen LogP contribution < -0.4 is 20.6 Å². The monoisotopic (exact) mass is 538 g/mol. The zero-order valence-electron chi connectivity index (χ0n) is 19.8. The molecule has 0 spiro atoms. The topological polar surface area (TPSA) is 125 Å². The highest BCUT2D eigenvalue weighted by Crippen LogP contribution is 2.33. The van der Waals surface area contributed by atoms with E-state index >= 15 is 0 Å². The molecule has 0 saturated carbocycles. The van der Waals surface area contributed by atoms with Crippen LogP contribution in [-0.4, -0.2) is 49.1 Å². The number of ether oxygens (including phenoxy) is 2. The molecule has 0 saturated heterocycles. The summed E-state index contributed by atoms with van der Waals surface area (Å²) in [5, 5.41) is 4.84. The fraction of sp³-hybridized carbons (Fsp3) is 0.304. The van der Waals surface area contributed by atoms with E-state index in [2.05, 4.69) is 20.1 Å². The summed E-state index contributed by atoms with van der Waals surface area (Å²) < 4.78 is 80.1. The van der Waals surface area contributed by atoms with E-state index in [0.29, 0.717) is 11.9 Å². The Morgan fingerprint density at radius 3 is 2.47 bits per heavy atom. The smallest absolute Gasteiger partial charge is 0.425 e. The number of nitrogens with one attached hydrogen (secondary N) is 1. The number of rotatable bonds is 8. The lowest BCUT2D eigenvalue weighted by Crippen LogP contribution is -2.29. The minimum atomic E-state index is -5.01. The van der Waals surface area contributed by atoms with Gasteiger partial charge in [-0.05, 0) is 19.1 Å². The average Bonchev–Trinajstić information content (AvgIpc) is 2.85. The summed E-state index contributed by atoms with van der Waals surface area (Å²) in [4.78, 5) is 36.5. The van der Waals surface area contributed by atoms with Gasteiger partial charge in [-0.2, -0.15) is 18.3 Å². The molecule has 3 aromatic heterocycles. The molecule has 1 N–H and O–H groups in total. The summed E-state index contributed by atoms with van der Waals surface area (Å²) in [7, 11) is 1.42. The van der Waals surface area contributed by atoms with Crippen LogP contribution in [0.3, 0.4) is 0 Å². The van der Waals surface area contributed by atoms with Crippen molar-refractivity contribution in [1.29, 1.82) is 0 Å². The van der Waals surface area contributed by atoms with Gasteiger partial charge < -0.3 is 9.47 Å². The fourth-order valence-corrected chi connectivity index (χ4v) is 3.69. The largest absolute Gasteiger partial charge is 0.494 e. The first-order valence-electron chi connectivity index (χ1n) is 11.0. The number of hydrogen-bond donors (Lipinski definition) is 1. The van der Waals surface area contributed by atoms with Crippen molar-refractivity contribution in [2.45, 2.75) is 38.3 Å². The van der Waals surface area contributed by atoms with Crippen molar-refractivity contribution in [3.8, 4) is 22.9 Å². The van der Waals surface area contributed by atoms with Gasteiger partial charge in [-0.25, -0.2) is 28.8 Å². The Bertz CT molecular complexity index is 1570. The second-order valence-corrected chi connectivity index (χ2v) is 8.20. The number of aromatic nitrogens is 6. The van der Waals surface area contributed by atoms with E-state index in [1.165, 1.54) is 32.5 Å². The molecule has 0 radical (unpaired) electrons. The Morgan fingerprint density at radius 1 is 1.11 bits per heavy atom.